The third-order valence-electron chi connectivity index (χ3n) is 6.30. The number of hydrogen-bond donors (Lipinski definition) is 1. The summed E-state index contributed by atoms with van der Waals surface area (Å²) in [5.41, 5.74) is 2.60. The highest BCUT2D eigenvalue weighted by atomic mass is 15.2. The first-order chi connectivity index (χ1) is 14.1. The zero-order valence-corrected chi connectivity index (χ0v) is 18.7. The summed E-state index contributed by atoms with van der Waals surface area (Å²) in [5, 5.41) is 3.62. The largest absolute Gasteiger partial charge is 0.385 e. The highest BCUT2D eigenvalue weighted by Gasteiger charge is 2.14. The summed E-state index contributed by atoms with van der Waals surface area (Å²) in [7, 11) is 2.20. The van der Waals surface area contributed by atoms with Crippen LogP contribution >= 0.6 is 0 Å². The molecule has 0 saturated carbocycles. The van der Waals surface area contributed by atoms with Crippen molar-refractivity contribution in [3.63, 3.8) is 0 Å². The van der Waals surface area contributed by atoms with Crippen molar-refractivity contribution in [2.75, 3.05) is 63.1 Å². The molecule has 0 radical (unpaired) electrons. The van der Waals surface area contributed by atoms with Crippen molar-refractivity contribution in [1.82, 2.24) is 9.80 Å². The van der Waals surface area contributed by atoms with Crippen LogP contribution in [-0.2, 0) is 0 Å². The average Bonchev–Trinajstić information content (AvgIpc) is 2.74. The summed E-state index contributed by atoms with van der Waals surface area (Å²) < 4.78 is 0. The van der Waals surface area contributed by atoms with Crippen molar-refractivity contribution in [2.24, 2.45) is 11.8 Å². The Morgan fingerprint density at radius 1 is 0.931 bits per heavy atom. The fraction of sp³-hybridized carbons (Fsp3) is 0.600. The molecule has 2 aliphatic rings. The molecule has 1 aromatic rings. The predicted octanol–water partition coefficient (Wildman–Crippen LogP) is 4.68. The van der Waals surface area contributed by atoms with Crippen LogP contribution in [-0.4, -0.2) is 62.7 Å². The van der Waals surface area contributed by atoms with Gasteiger partial charge in [0, 0.05) is 57.2 Å². The van der Waals surface area contributed by atoms with Gasteiger partial charge in [-0.2, -0.15) is 0 Å². The number of benzene rings is 1. The van der Waals surface area contributed by atoms with Crippen LogP contribution in [0.3, 0.4) is 0 Å². The van der Waals surface area contributed by atoms with E-state index in [2.05, 4.69) is 89.6 Å². The van der Waals surface area contributed by atoms with Crippen LogP contribution in [0.2, 0.25) is 0 Å². The average molecular weight is 397 g/mol. The molecule has 4 nitrogen and oxygen atoms in total. The van der Waals surface area contributed by atoms with E-state index in [0.29, 0.717) is 0 Å². The summed E-state index contributed by atoms with van der Waals surface area (Å²) in [5.74, 6) is 1.55. The monoisotopic (exact) mass is 396 g/mol. The maximum atomic E-state index is 3.62. The van der Waals surface area contributed by atoms with Gasteiger partial charge in [0.15, 0.2) is 0 Å². The Morgan fingerprint density at radius 2 is 1.66 bits per heavy atom. The van der Waals surface area contributed by atoms with Crippen molar-refractivity contribution < 1.29 is 0 Å². The second-order valence-corrected chi connectivity index (χ2v) is 9.05. The molecule has 160 valence electrons. The summed E-state index contributed by atoms with van der Waals surface area (Å²) in [6.07, 6.45) is 12.6. The maximum Gasteiger partial charge on any atom is 0.0368 e. The van der Waals surface area contributed by atoms with Gasteiger partial charge in [0.05, 0.1) is 0 Å². The second-order valence-electron chi connectivity index (χ2n) is 9.05. The summed E-state index contributed by atoms with van der Waals surface area (Å²) >= 11 is 0. The lowest BCUT2D eigenvalue weighted by Crippen LogP contribution is -2.44. The number of allylic oxidation sites excluding steroid dienone is 2. The summed E-state index contributed by atoms with van der Waals surface area (Å²) in [6, 6.07) is 9.01. The first kappa shape index (κ1) is 21.8. The van der Waals surface area contributed by atoms with Gasteiger partial charge in [-0.05, 0) is 74.7 Å². The lowest BCUT2D eigenvalue weighted by Gasteiger charge is -2.34. The van der Waals surface area contributed by atoms with Crippen LogP contribution in [0.1, 0.15) is 33.1 Å². The lowest BCUT2D eigenvalue weighted by atomic mass is 9.92. The first-order valence-corrected chi connectivity index (χ1v) is 11.4. The topological polar surface area (TPSA) is 21.8 Å². The molecule has 4 heteroatoms. The number of likely N-dealkylation sites (N-methyl/N-ethyl adjacent to an activating group) is 1. The fourth-order valence-corrected chi connectivity index (χ4v) is 4.30. The normalized spacial score (nSPS) is 19.4. The minimum absolute atomic E-state index is 0.763. The van der Waals surface area contributed by atoms with Gasteiger partial charge in [-0.3, -0.25) is 0 Å². The SMILES string of the molecule is CC(CCNc1ccc(N2CCN(C)CC2)cc1)CC(C)CCN1C=CC=CC1. The maximum absolute atomic E-state index is 3.62. The Kier molecular flexibility index (Phi) is 8.48. The van der Waals surface area contributed by atoms with Crippen LogP contribution in [0.4, 0.5) is 11.4 Å². The van der Waals surface area contributed by atoms with Crippen molar-refractivity contribution in [1.29, 1.82) is 0 Å². The minimum atomic E-state index is 0.763. The van der Waals surface area contributed by atoms with E-state index in [0.717, 1.165) is 51.1 Å². The van der Waals surface area contributed by atoms with Gasteiger partial charge in [0.25, 0.3) is 0 Å². The van der Waals surface area contributed by atoms with Crippen LogP contribution < -0.4 is 10.2 Å². The van der Waals surface area contributed by atoms with Gasteiger partial charge in [-0.1, -0.05) is 26.0 Å². The predicted molar refractivity (Wildman–Crippen MR) is 127 cm³/mol. The molecule has 0 aliphatic carbocycles. The molecule has 2 atom stereocenters. The van der Waals surface area contributed by atoms with Gasteiger partial charge in [-0.25, -0.2) is 0 Å². The van der Waals surface area contributed by atoms with Gasteiger partial charge >= 0.3 is 0 Å². The van der Waals surface area contributed by atoms with Crippen LogP contribution in [0, 0.1) is 11.8 Å². The van der Waals surface area contributed by atoms with E-state index in [9.17, 15) is 0 Å². The van der Waals surface area contributed by atoms with E-state index in [1.165, 1.54) is 37.2 Å². The van der Waals surface area contributed by atoms with Crippen molar-refractivity contribution in [2.45, 2.75) is 33.1 Å². The van der Waals surface area contributed by atoms with E-state index < -0.39 is 0 Å². The molecule has 2 aliphatic heterocycles. The Bertz CT molecular complexity index is 643. The first-order valence-electron chi connectivity index (χ1n) is 11.4. The molecule has 2 unspecified atom stereocenters. The number of nitrogens with one attached hydrogen (secondary N) is 1. The van der Waals surface area contributed by atoms with Gasteiger partial charge in [0.1, 0.15) is 0 Å². The molecule has 29 heavy (non-hydrogen) atoms. The number of anilines is 2. The van der Waals surface area contributed by atoms with Gasteiger partial charge < -0.3 is 20.0 Å². The summed E-state index contributed by atoms with van der Waals surface area (Å²) in [4.78, 5) is 7.30. The number of rotatable bonds is 10. The molecule has 0 amide bonds. The molecule has 1 saturated heterocycles. The number of nitrogens with zero attached hydrogens (tertiary/aromatic N) is 3. The number of piperazine rings is 1. The van der Waals surface area contributed by atoms with Gasteiger partial charge in [0.2, 0.25) is 0 Å². The molecule has 0 spiro atoms. The van der Waals surface area contributed by atoms with Crippen molar-refractivity contribution in [3.8, 4) is 0 Å². The van der Waals surface area contributed by atoms with E-state index >= 15 is 0 Å². The molecule has 2 heterocycles. The van der Waals surface area contributed by atoms with E-state index in [1.54, 1.807) is 0 Å². The van der Waals surface area contributed by atoms with Crippen LogP contribution in [0.5, 0.6) is 0 Å². The molecular formula is C25H40N4. The Hall–Kier alpha value is -1.94. The Balaban J connectivity index is 1.30. The van der Waals surface area contributed by atoms with Crippen molar-refractivity contribution >= 4 is 11.4 Å². The third-order valence-corrected chi connectivity index (χ3v) is 6.30. The minimum Gasteiger partial charge on any atom is -0.385 e. The molecule has 1 N–H and O–H groups in total. The molecular weight excluding hydrogens is 356 g/mol. The standard InChI is InChI=1S/C25H40N4/c1-22(21-23(2)12-16-28-14-5-4-6-15-28)11-13-26-24-7-9-25(10-8-24)29-19-17-27(3)18-20-29/h4-10,14,22-23,26H,11-13,15-21H2,1-3H3. The smallest absolute Gasteiger partial charge is 0.0368 e. The van der Waals surface area contributed by atoms with Gasteiger partial charge in [-0.15, -0.1) is 0 Å². The zero-order chi connectivity index (χ0) is 20.5. The van der Waals surface area contributed by atoms with Crippen LogP contribution in [0.15, 0.2) is 48.7 Å². The van der Waals surface area contributed by atoms with Crippen LogP contribution in [0.25, 0.3) is 0 Å². The molecule has 1 fully saturated rings. The summed E-state index contributed by atoms with van der Waals surface area (Å²) in [6.45, 7) is 12.7. The Morgan fingerprint density at radius 3 is 2.34 bits per heavy atom. The number of hydrogen-bond acceptors (Lipinski definition) is 4. The second kappa shape index (κ2) is 11.3. The Labute approximate surface area is 178 Å². The quantitative estimate of drug-likeness (QED) is 0.620. The molecule has 0 aromatic heterocycles. The molecule has 0 bridgehead atoms. The molecule has 3 rings (SSSR count). The highest BCUT2D eigenvalue weighted by molar-refractivity contribution is 5.55. The lowest BCUT2D eigenvalue weighted by molar-refractivity contribution is 0.313. The van der Waals surface area contributed by atoms with E-state index in [-0.39, 0.29) is 0 Å². The molecule has 1 aromatic carbocycles. The van der Waals surface area contributed by atoms with E-state index in [4.69, 9.17) is 0 Å². The van der Waals surface area contributed by atoms with E-state index in [1.807, 2.05) is 0 Å². The van der Waals surface area contributed by atoms with Crippen molar-refractivity contribution in [3.05, 3.63) is 48.7 Å². The third kappa shape index (κ3) is 7.43. The highest BCUT2D eigenvalue weighted by Crippen LogP contribution is 2.21. The fourth-order valence-electron chi connectivity index (χ4n) is 4.30. The zero-order valence-electron chi connectivity index (χ0n) is 18.7.